The van der Waals surface area contributed by atoms with Crippen LogP contribution in [0.15, 0.2) is 24.3 Å². The SMILES string of the molecule is Cc1c2ccccc2nc(CS)[n+]1[O-]. The van der Waals surface area contributed by atoms with Crippen molar-refractivity contribution in [3.05, 3.63) is 41.0 Å². The lowest BCUT2D eigenvalue weighted by Gasteiger charge is -2.09. The van der Waals surface area contributed by atoms with Crippen LogP contribution in [0.1, 0.15) is 11.5 Å². The summed E-state index contributed by atoms with van der Waals surface area (Å²) in [7, 11) is 0. The fraction of sp³-hybridized carbons (Fsp3) is 0.200. The molecule has 0 spiro atoms. The molecule has 2 aromatic rings. The number of thiol groups is 1. The molecule has 0 aliphatic heterocycles. The molecule has 0 amide bonds. The average molecular weight is 206 g/mol. The average Bonchev–Trinajstić information content (AvgIpc) is 2.23. The Balaban J connectivity index is 2.85. The molecule has 0 N–H and O–H groups in total. The minimum atomic E-state index is 0.356. The first-order chi connectivity index (χ1) is 6.74. The van der Waals surface area contributed by atoms with Crippen molar-refractivity contribution in [2.75, 3.05) is 0 Å². The molecule has 0 saturated carbocycles. The van der Waals surface area contributed by atoms with Gasteiger partial charge in [-0.2, -0.15) is 12.6 Å². The quantitative estimate of drug-likeness (QED) is 0.437. The normalized spacial score (nSPS) is 10.7. The molecule has 0 atom stereocenters. The van der Waals surface area contributed by atoms with Gasteiger partial charge in [-0.05, 0) is 24.0 Å². The highest BCUT2D eigenvalue weighted by molar-refractivity contribution is 7.79. The Bertz CT molecular complexity index is 485. The van der Waals surface area contributed by atoms with E-state index in [9.17, 15) is 5.21 Å². The van der Waals surface area contributed by atoms with Crippen molar-refractivity contribution in [3.63, 3.8) is 0 Å². The lowest BCUT2D eigenvalue weighted by Crippen LogP contribution is -2.36. The molecule has 0 saturated heterocycles. The number of aryl methyl sites for hydroxylation is 1. The highest BCUT2D eigenvalue weighted by Crippen LogP contribution is 2.13. The van der Waals surface area contributed by atoms with Crippen LogP contribution >= 0.6 is 12.6 Å². The summed E-state index contributed by atoms with van der Waals surface area (Å²) in [5, 5.41) is 12.5. The second kappa shape index (κ2) is 3.46. The van der Waals surface area contributed by atoms with Crippen LogP contribution < -0.4 is 4.73 Å². The Morgan fingerprint density at radius 3 is 2.86 bits per heavy atom. The Morgan fingerprint density at radius 2 is 2.14 bits per heavy atom. The van der Waals surface area contributed by atoms with Crippen molar-refractivity contribution in [2.24, 2.45) is 0 Å². The van der Waals surface area contributed by atoms with Crippen molar-refractivity contribution in [1.29, 1.82) is 0 Å². The Hall–Kier alpha value is -1.29. The molecule has 1 aromatic carbocycles. The van der Waals surface area contributed by atoms with Gasteiger partial charge in [-0.1, -0.05) is 12.1 Å². The first-order valence-electron chi connectivity index (χ1n) is 4.32. The fourth-order valence-electron chi connectivity index (χ4n) is 1.46. The van der Waals surface area contributed by atoms with Gasteiger partial charge in [0, 0.05) is 0 Å². The summed E-state index contributed by atoms with van der Waals surface area (Å²) >= 11 is 4.07. The van der Waals surface area contributed by atoms with Gasteiger partial charge in [-0.3, -0.25) is 0 Å². The number of aromatic nitrogens is 2. The first-order valence-corrected chi connectivity index (χ1v) is 4.96. The molecule has 1 heterocycles. The van der Waals surface area contributed by atoms with E-state index < -0.39 is 0 Å². The summed E-state index contributed by atoms with van der Waals surface area (Å²) < 4.78 is 0.843. The van der Waals surface area contributed by atoms with Crippen LogP contribution in [0.2, 0.25) is 0 Å². The van der Waals surface area contributed by atoms with E-state index in [0.717, 1.165) is 15.6 Å². The zero-order chi connectivity index (χ0) is 10.1. The monoisotopic (exact) mass is 206 g/mol. The van der Waals surface area contributed by atoms with E-state index in [0.29, 0.717) is 17.3 Å². The molecule has 14 heavy (non-hydrogen) atoms. The first kappa shape index (κ1) is 9.27. The van der Waals surface area contributed by atoms with Gasteiger partial charge in [0.1, 0.15) is 5.69 Å². The predicted octanol–water partition coefficient (Wildman–Crippen LogP) is 1.61. The number of rotatable bonds is 1. The van der Waals surface area contributed by atoms with E-state index in [4.69, 9.17) is 0 Å². The number of hydrogen-bond donors (Lipinski definition) is 1. The van der Waals surface area contributed by atoms with Crippen LogP contribution in [0, 0.1) is 12.1 Å². The Labute approximate surface area is 87.4 Å². The standard InChI is InChI=1S/C10H10N2OS/c1-7-8-4-2-3-5-9(8)11-10(6-14)12(7)13/h2-5,14H,6H2,1H3. The molecular formula is C10H10N2OS. The topological polar surface area (TPSA) is 39.8 Å². The second-order valence-electron chi connectivity index (χ2n) is 3.08. The number of hydrogen-bond acceptors (Lipinski definition) is 3. The molecule has 0 fully saturated rings. The smallest absolute Gasteiger partial charge is 0.311 e. The molecule has 72 valence electrons. The minimum absolute atomic E-state index is 0.356. The molecule has 0 aliphatic carbocycles. The highest BCUT2D eigenvalue weighted by Gasteiger charge is 2.12. The summed E-state index contributed by atoms with van der Waals surface area (Å²) in [6.45, 7) is 1.80. The van der Waals surface area contributed by atoms with Crippen molar-refractivity contribution < 1.29 is 4.73 Å². The largest absolute Gasteiger partial charge is 0.711 e. The Morgan fingerprint density at radius 1 is 1.43 bits per heavy atom. The zero-order valence-corrected chi connectivity index (χ0v) is 8.66. The second-order valence-corrected chi connectivity index (χ2v) is 3.40. The van der Waals surface area contributed by atoms with Gasteiger partial charge in [-0.25, -0.2) is 4.73 Å². The molecule has 3 nitrogen and oxygen atoms in total. The van der Waals surface area contributed by atoms with Crippen molar-refractivity contribution in [1.82, 2.24) is 4.98 Å². The molecule has 1 aromatic heterocycles. The van der Waals surface area contributed by atoms with Crippen molar-refractivity contribution >= 4 is 23.5 Å². The van der Waals surface area contributed by atoms with E-state index in [2.05, 4.69) is 17.6 Å². The third-order valence-electron chi connectivity index (χ3n) is 2.22. The molecule has 0 radical (unpaired) electrons. The Kier molecular flexibility index (Phi) is 2.29. The highest BCUT2D eigenvalue weighted by atomic mass is 32.1. The summed E-state index contributed by atoms with van der Waals surface area (Å²) in [4.78, 5) is 4.23. The third kappa shape index (κ3) is 1.32. The van der Waals surface area contributed by atoms with E-state index >= 15 is 0 Å². The van der Waals surface area contributed by atoms with E-state index in [1.807, 2.05) is 24.3 Å². The molecule has 0 aliphatic rings. The zero-order valence-electron chi connectivity index (χ0n) is 7.77. The molecular weight excluding hydrogens is 196 g/mol. The van der Waals surface area contributed by atoms with Gasteiger partial charge in [0.2, 0.25) is 0 Å². The maximum Gasteiger partial charge on any atom is 0.311 e. The van der Waals surface area contributed by atoms with Crippen molar-refractivity contribution in [3.8, 4) is 0 Å². The van der Waals surface area contributed by atoms with Crippen molar-refractivity contribution in [2.45, 2.75) is 12.7 Å². The van der Waals surface area contributed by atoms with Crippen LogP contribution in [0.4, 0.5) is 0 Å². The van der Waals surface area contributed by atoms with Crippen LogP contribution in [-0.2, 0) is 5.75 Å². The van der Waals surface area contributed by atoms with Gasteiger partial charge >= 0.3 is 5.82 Å². The summed E-state index contributed by atoms with van der Waals surface area (Å²) in [5.41, 5.74) is 1.53. The maximum absolute atomic E-state index is 11.6. The third-order valence-corrected chi connectivity index (χ3v) is 2.51. The van der Waals surface area contributed by atoms with Gasteiger partial charge in [0.15, 0.2) is 5.52 Å². The summed E-state index contributed by atoms with van der Waals surface area (Å²) in [6, 6.07) is 7.60. The van der Waals surface area contributed by atoms with E-state index in [-0.39, 0.29) is 0 Å². The number of fused-ring (bicyclic) bond motifs is 1. The van der Waals surface area contributed by atoms with Gasteiger partial charge in [0.05, 0.1) is 11.1 Å². The molecule has 2 rings (SSSR count). The van der Waals surface area contributed by atoms with Crippen LogP contribution in [0.5, 0.6) is 0 Å². The predicted molar refractivity (Wildman–Crippen MR) is 58.1 cm³/mol. The number of benzene rings is 1. The maximum atomic E-state index is 11.6. The van der Waals surface area contributed by atoms with E-state index in [1.54, 1.807) is 6.92 Å². The molecule has 0 unspecified atom stereocenters. The van der Waals surface area contributed by atoms with Gasteiger partial charge in [0.25, 0.3) is 0 Å². The summed E-state index contributed by atoms with van der Waals surface area (Å²) in [5.74, 6) is 0.805. The van der Waals surface area contributed by atoms with Gasteiger partial charge in [-0.15, -0.1) is 0 Å². The lowest BCUT2D eigenvalue weighted by atomic mass is 10.2. The lowest BCUT2D eigenvalue weighted by molar-refractivity contribution is -0.621. The number of para-hydroxylation sites is 1. The number of nitrogens with zero attached hydrogens (tertiary/aromatic N) is 2. The minimum Gasteiger partial charge on any atom is -0.711 e. The van der Waals surface area contributed by atoms with Gasteiger partial charge < -0.3 is 5.21 Å². The summed E-state index contributed by atoms with van der Waals surface area (Å²) in [6.07, 6.45) is 0. The van der Waals surface area contributed by atoms with E-state index in [1.165, 1.54) is 0 Å². The molecule has 4 heteroatoms. The van der Waals surface area contributed by atoms with Crippen LogP contribution in [-0.4, -0.2) is 4.98 Å². The van der Waals surface area contributed by atoms with Crippen LogP contribution in [0.25, 0.3) is 10.9 Å². The fourth-order valence-corrected chi connectivity index (χ4v) is 1.66. The van der Waals surface area contributed by atoms with Crippen LogP contribution in [0.3, 0.4) is 0 Å². The molecule has 0 bridgehead atoms.